The Morgan fingerprint density at radius 3 is 2.27 bits per heavy atom. The molecule has 1 saturated heterocycles. The zero-order valence-corrected chi connectivity index (χ0v) is 18.4. The average molecular weight is 478 g/mol. The van der Waals surface area contributed by atoms with E-state index in [1.807, 2.05) is 24.3 Å². The number of alkyl halides is 3. The van der Waals surface area contributed by atoms with E-state index in [0.717, 1.165) is 22.9 Å². The number of sulfonamides is 1. The fraction of sp³-hybridized carbons (Fsp3) is 0.261. The van der Waals surface area contributed by atoms with Crippen LogP contribution >= 0.6 is 0 Å². The molecule has 6 nitrogen and oxygen atoms in total. The lowest BCUT2D eigenvalue weighted by molar-refractivity contribution is -0.137. The fourth-order valence-corrected chi connectivity index (χ4v) is 5.24. The normalized spacial score (nSPS) is 16.1. The Kier molecular flexibility index (Phi) is 6.42. The number of hydrogen-bond acceptors (Lipinski definition) is 4. The number of carbonyl (C=O) groups excluding carboxylic acids is 1. The van der Waals surface area contributed by atoms with Crippen LogP contribution in [0.3, 0.4) is 0 Å². The third-order valence-corrected chi connectivity index (χ3v) is 7.43. The number of benzene rings is 3. The van der Waals surface area contributed by atoms with Crippen LogP contribution in [0, 0.1) is 0 Å². The Bertz CT molecular complexity index is 1270. The van der Waals surface area contributed by atoms with Crippen LogP contribution in [0.25, 0.3) is 10.8 Å². The van der Waals surface area contributed by atoms with Gasteiger partial charge in [-0.25, -0.2) is 8.42 Å². The highest BCUT2D eigenvalue weighted by molar-refractivity contribution is 7.89. The second kappa shape index (κ2) is 9.12. The van der Waals surface area contributed by atoms with Gasteiger partial charge in [0.1, 0.15) is 0 Å². The first-order chi connectivity index (χ1) is 15.6. The molecule has 1 aliphatic heterocycles. The van der Waals surface area contributed by atoms with Gasteiger partial charge in [0.2, 0.25) is 15.9 Å². The van der Waals surface area contributed by atoms with Crippen molar-refractivity contribution < 1.29 is 26.4 Å². The number of nitrogens with zero attached hydrogens (tertiary/aromatic N) is 2. The van der Waals surface area contributed by atoms with E-state index >= 15 is 0 Å². The molecule has 0 aliphatic carbocycles. The molecule has 0 saturated carbocycles. The summed E-state index contributed by atoms with van der Waals surface area (Å²) in [6.45, 7) is 1.06. The van der Waals surface area contributed by atoms with Crippen molar-refractivity contribution in [3.8, 4) is 0 Å². The lowest BCUT2D eigenvalue weighted by Gasteiger charge is -2.33. The molecule has 0 aromatic heterocycles. The molecule has 1 N–H and O–H groups in total. The number of amides is 1. The molecule has 10 heteroatoms. The summed E-state index contributed by atoms with van der Waals surface area (Å²) in [6.07, 6.45) is -4.49. The van der Waals surface area contributed by atoms with Crippen LogP contribution in [0.15, 0.2) is 71.6 Å². The molecular weight excluding hydrogens is 455 g/mol. The van der Waals surface area contributed by atoms with Crippen molar-refractivity contribution in [2.45, 2.75) is 11.1 Å². The van der Waals surface area contributed by atoms with Crippen molar-refractivity contribution in [1.29, 1.82) is 0 Å². The van der Waals surface area contributed by atoms with Crippen LogP contribution in [0.4, 0.5) is 18.9 Å². The second-order valence-corrected chi connectivity index (χ2v) is 9.75. The van der Waals surface area contributed by atoms with E-state index in [4.69, 9.17) is 0 Å². The zero-order valence-electron chi connectivity index (χ0n) is 17.5. The molecule has 3 aromatic carbocycles. The standard InChI is InChI=1S/C23H22F3N3O3S/c24-23(25,26)19-6-3-7-20(15-19)27-22(30)16-28-10-12-29(13-11-28)33(31,32)21-9-8-17-4-1-2-5-18(17)14-21/h1-9,14-15H,10-13,16H2,(H,27,30). The average Bonchev–Trinajstić information content (AvgIpc) is 2.78. The minimum atomic E-state index is -4.49. The molecule has 174 valence electrons. The molecule has 0 spiro atoms. The number of halogens is 3. The van der Waals surface area contributed by atoms with E-state index in [0.29, 0.717) is 13.1 Å². The molecule has 3 aromatic rings. The maximum atomic E-state index is 13.1. The van der Waals surface area contributed by atoms with Gasteiger partial charge in [0, 0.05) is 31.9 Å². The Hall–Kier alpha value is -2.95. The summed E-state index contributed by atoms with van der Waals surface area (Å²) in [4.78, 5) is 14.3. The van der Waals surface area contributed by atoms with E-state index in [2.05, 4.69) is 5.32 Å². The lowest BCUT2D eigenvalue weighted by Crippen LogP contribution is -2.50. The molecular formula is C23H22F3N3O3S. The molecule has 0 bridgehead atoms. The quantitative estimate of drug-likeness (QED) is 0.607. The van der Waals surface area contributed by atoms with Gasteiger partial charge in [-0.2, -0.15) is 17.5 Å². The molecule has 1 heterocycles. The van der Waals surface area contributed by atoms with Crippen molar-refractivity contribution in [1.82, 2.24) is 9.21 Å². The minimum Gasteiger partial charge on any atom is -0.325 e. The predicted octanol–water partition coefficient (Wildman–Crippen LogP) is 3.80. The number of carbonyl (C=O) groups is 1. The molecule has 0 unspecified atom stereocenters. The molecule has 4 rings (SSSR count). The largest absolute Gasteiger partial charge is 0.416 e. The molecule has 33 heavy (non-hydrogen) atoms. The van der Waals surface area contributed by atoms with Crippen LogP contribution in [0.2, 0.25) is 0 Å². The highest BCUT2D eigenvalue weighted by Gasteiger charge is 2.31. The third kappa shape index (κ3) is 5.35. The van der Waals surface area contributed by atoms with Crippen LogP contribution in [-0.4, -0.2) is 56.3 Å². The Morgan fingerprint density at radius 1 is 0.879 bits per heavy atom. The van der Waals surface area contributed by atoms with E-state index in [-0.39, 0.29) is 30.2 Å². The fourth-order valence-electron chi connectivity index (χ4n) is 3.78. The maximum Gasteiger partial charge on any atom is 0.416 e. The van der Waals surface area contributed by atoms with Gasteiger partial charge in [-0.15, -0.1) is 0 Å². The van der Waals surface area contributed by atoms with Crippen LogP contribution in [0.1, 0.15) is 5.56 Å². The van der Waals surface area contributed by atoms with Gasteiger partial charge in [0.25, 0.3) is 0 Å². The lowest BCUT2D eigenvalue weighted by atomic mass is 10.1. The third-order valence-electron chi connectivity index (χ3n) is 5.53. The van der Waals surface area contributed by atoms with Gasteiger partial charge >= 0.3 is 6.18 Å². The van der Waals surface area contributed by atoms with Gasteiger partial charge in [0.15, 0.2) is 0 Å². The summed E-state index contributed by atoms with van der Waals surface area (Å²) in [5.41, 5.74) is -0.778. The number of rotatable bonds is 5. The Labute approximate surface area is 189 Å². The summed E-state index contributed by atoms with van der Waals surface area (Å²) in [7, 11) is -3.67. The highest BCUT2D eigenvalue weighted by atomic mass is 32.2. The summed E-state index contributed by atoms with van der Waals surface area (Å²) < 4.78 is 66.0. The molecule has 1 fully saturated rings. The molecule has 1 aliphatic rings. The highest BCUT2D eigenvalue weighted by Crippen LogP contribution is 2.30. The van der Waals surface area contributed by atoms with Crippen LogP contribution in [-0.2, 0) is 21.0 Å². The molecule has 0 radical (unpaired) electrons. The first-order valence-electron chi connectivity index (χ1n) is 10.3. The number of anilines is 1. The van der Waals surface area contributed by atoms with Gasteiger partial charge < -0.3 is 5.32 Å². The first-order valence-corrected chi connectivity index (χ1v) is 11.8. The van der Waals surface area contributed by atoms with Gasteiger partial charge in [-0.1, -0.05) is 36.4 Å². The summed E-state index contributed by atoms with van der Waals surface area (Å²) in [6, 6.07) is 17.0. The summed E-state index contributed by atoms with van der Waals surface area (Å²) in [5.74, 6) is -0.458. The van der Waals surface area contributed by atoms with Crippen molar-refractivity contribution in [3.05, 3.63) is 72.3 Å². The molecule has 0 atom stereocenters. The van der Waals surface area contributed by atoms with Gasteiger partial charge in [-0.05, 0) is 41.1 Å². The van der Waals surface area contributed by atoms with E-state index < -0.39 is 27.7 Å². The van der Waals surface area contributed by atoms with Crippen molar-refractivity contribution in [3.63, 3.8) is 0 Å². The van der Waals surface area contributed by atoms with Crippen LogP contribution < -0.4 is 5.32 Å². The van der Waals surface area contributed by atoms with Crippen molar-refractivity contribution in [2.24, 2.45) is 0 Å². The van der Waals surface area contributed by atoms with Crippen molar-refractivity contribution >= 4 is 32.4 Å². The molecule has 1 amide bonds. The minimum absolute atomic E-state index is 0.0416. The smallest absolute Gasteiger partial charge is 0.325 e. The first kappa shape index (κ1) is 23.2. The summed E-state index contributed by atoms with van der Waals surface area (Å²) in [5, 5.41) is 4.26. The number of hydrogen-bond donors (Lipinski definition) is 1. The topological polar surface area (TPSA) is 69.7 Å². The van der Waals surface area contributed by atoms with Gasteiger partial charge in [-0.3, -0.25) is 9.69 Å². The van der Waals surface area contributed by atoms with E-state index in [1.54, 1.807) is 23.1 Å². The maximum absolute atomic E-state index is 13.1. The van der Waals surface area contributed by atoms with Gasteiger partial charge in [0.05, 0.1) is 17.0 Å². The van der Waals surface area contributed by atoms with E-state index in [9.17, 15) is 26.4 Å². The number of fused-ring (bicyclic) bond motifs is 1. The SMILES string of the molecule is O=C(CN1CCN(S(=O)(=O)c2ccc3ccccc3c2)CC1)Nc1cccc(C(F)(F)F)c1. The number of nitrogens with one attached hydrogen (secondary N) is 1. The zero-order chi connectivity index (χ0) is 23.6. The Balaban J connectivity index is 1.35. The monoisotopic (exact) mass is 477 g/mol. The Morgan fingerprint density at radius 2 is 1.58 bits per heavy atom. The van der Waals surface area contributed by atoms with E-state index in [1.165, 1.54) is 16.4 Å². The second-order valence-electron chi connectivity index (χ2n) is 7.82. The predicted molar refractivity (Wildman–Crippen MR) is 119 cm³/mol. The number of piperazine rings is 1. The van der Waals surface area contributed by atoms with Crippen LogP contribution in [0.5, 0.6) is 0 Å². The summed E-state index contributed by atoms with van der Waals surface area (Å²) >= 11 is 0. The van der Waals surface area contributed by atoms with Crippen molar-refractivity contribution in [2.75, 3.05) is 38.0 Å².